The maximum Gasteiger partial charge on any atom is 0.196 e. The van der Waals surface area contributed by atoms with E-state index >= 15 is 0 Å². The Bertz CT molecular complexity index is 1200. The first-order valence-corrected chi connectivity index (χ1v) is 10.4. The molecule has 152 valence electrons. The Morgan fingerprint density at radius 2 is 1.73 bits per heavy atom. The molecule has 0 spiro atoms. The maximum absolute atomic E-state index is 13.6. The van der Waals surface area contributed by atoms with E-state index in [0.29, 0.717) is 33.1 Å². The van der Waals surface area contributed by atoms with Gasteiger partial charge in [0, 0.05) is 11.3 Å². The Labute approximate surface area is 181 Å². The number of thioether (sulfide) groups is 1. The number of methoxy groups -OCH3 is 1. The first kappa shape index (κ1) is 20.4. The largest absolute Gasteiger partial charge is 0.495 e. The minimum atomic E-state index is -0.879. The lowest BCUT2D eigenvalue weighted by Gasteiger charge is -2.14. The minimum absolute atomic E-state index is 0.382. The second-order valence-corrected chi connectivity index (χ2v) is 7.68. The van der Waals surface area contributed by atoms with E-state index in [0.717, 1.165) is 17.3 Å². The van der Waals surface area contributed by atoms with Gasteiger partial charge in [0.15, 0.2) is 22.6 Å². The molecular weight excluding hydrogens is 428 g/mol. The molecule has 0 aliphatic carbocycles. The fraction of sp³-hybridized carbons (Fsp3) is 0.0909. The second-order valence-electron chi connectivity index (χ2n) is 6.33. The van der Waals surface area contributed by atoms with Crippen molar-refractivity contribution in [2.75, 3.05) is 7.11 Å². The van der Waals surface area contributed by atoms with Crippen molar-refractivity contribution in [1.29, 1.82) is 0 Å². The van der Waals surface area contributed by atoms with Gasteiger partial charge in [0.05, 0.1) is 17.8 Å². The standard InChI is InChI=1S/C22H16ClF2N3OS/c1-29-20-9-5-4-8-19(20)28-21(15-6-2-3-7-16(15)23)26-27-22(28)30-13-14-10-11-17(24)18(25)12-14/h2-12H,13H2,1H3. The van der Waals surface area contributed by atoms with Gasteiger partial charge in [-0.1, -0.05) is 53.7 Å². The molecule has 0 atom stereocenters. The summed E-state index contributed by atoms with van der Waals surface area (Å²) < 4.78 is 34.2. The molecule has 0 amide bonds. The molecular formula is C22H16ClF2N3OS. The van der Waals surface area contributed by atoms with Crippen molar-refractivity contribution >= 4 is 23.4 Å². The summed E-state index contributed by atoms with van der Waals surface area (Å²) in [6.45, 7) is 0. The third-order valence-corrected chi connectivity index (χ3v) is 5.76. The third kappa shape index (κ3) is 4.04. The van der Waals surface area contributed by atoms with Crippen molar-refractivity contribution in [2.45, 2.75) is 10.9 Å². The Hall–Kier alpha value is -2.90. The predicted octanol–water partition coefficient (Wildman–Crippen LogP) is 6.17. The van der Waals surface area contributed by atoms with Crippen molar-refractivity contribution in [3.05, 3.63) is 89.0 Å². The summed E-state index contributed by atoms with van der Waals surface area (Å²) in [5.41, 5.74) is 2.10. The Balaban J connectivity index is 1.79. The van der Waals surface area contributed by atoms with Crippen molar-refractivity contribution in [3.63, 3.8) is 0 Å². The third-order valence-electron chi connectivity index (χ3n) is 4.43. The molecule has 8 heteroatoms. The summed E-state index contributed by atoms with van der Waals surface area (Å²) in [6, 6.07) is 18.7. The van der Waals surface area contributed by atoms with Crippen molar-refractivity contribution in [1.82, 2.24) is 14.8 Å². The van der Waals surface area contributed by atoms with Gasteiger partial charge >= 0.3 is 0 Å². The van der Waals surface area contributed by atoms with Crippen LogP contribution in [0.25, 0.3) is 17.1 Å². The highest BCUT2D eigenvalue weighted by molar-refractivity contribution is 7.98. The van der Waals surface area contributed by atoms with Gasteiger partial charge in [-0.15, -0.1) is 10.2 Å². The van der Waals surface area contributed by atoms with Gasteiger partial charge in [0.2, 0.25) is 0 Å². The number of benzene rings is 3. The molecule has 4 nitrogen and oxygen atoms in total. The number of nitrogens with zero attached hydrogens (tertiary/aromatic N) is 3. The van der Waals surface area contributed by atoms with Crippen LogP contribution in [-0.4, -0.2) is 21.9 Å². The van der Waals surface area contributed by atoms with Gasteiger partial charge in [0.1, 0.15) is 5.75 Å². The SMILES string of the molecule is COc1ccccc1-n1c(SCc2ccc(F)c(F)c2)nnc1-c1ccccc1Cl. The summed E-state index contributed by atoms with van der Waals surface area (Å²) in [5.74, 6) is -0.177. The normalized spacial score (nSPS) is 10.9. The molecule has 4 rings (SSSR count). The van der Waals surface area contributed by atoms with Crippen LogP contribution in [0.4, 0.5) is 8.78 Å². The molecule has 1 aromatic heterocycles. The van der Waals surface area contributed by atoms with Crippen LogP contribution in [0.3, 0.4) is 0 Å². The molecule has 0 aliphatic rings. The van der Waals surface area contributed by atoms with Gasteiger partial charge in [-0.05, 0) is 42.0 Å². The highest BCUT2D eigenvalue weighted by atomic mass is 35.5. The molecule has 30 heavy (non-hydrogen) atoms. The van der Waals surface area contributed by atoms with E-state index in [1.807, 2.05) is 47.0 Å². The Morgan fingerprint density at radius 3 is 2.50 bits per heavy atom. The van der Waals surface area contributed by atoms with E-state index in [4.69, 9.17) is 16.3 Å². The number of hydrogen-bond acceptors (Lipinski definition) is 4. The lowest BCUT2D eigenvalue weighted by Crippen LogP contribution is -2.02. The van der Waals surface area contributed by atoms with Gasteiger partial charge in [-0.2, -0.15) is 0 Å². The minimum Gasteiger partial charge on any atom is -0.495 e. The van der Waals surface area contributed by atoms with Crippen LogP contribution in [0.15, 0.2) is 71.9 Å². The van der Waals surface area contributed by atoms with E-state index in [1.165, 1.54) is 17.8 Å². The highest BCUT2D eigenvalue weighted by Gasteiger charge is 2.20. The number of ether oxygens (including phenoxy) is 1. The summed E-state index contributed by atoms with van der Waals surface area (Å²) >= 11 is 7.76. The molecule has 0 aliphatic heterocycles. The smallest absolute Gasteiger partial charge is 0.196 e. The number of rotatable bonds is 6. The second kappa shape index (κ2) is 8.85. The van der Waals surface area contributed by atoms with E-state index in [9.17, 15) is 8.78 Å². The molecule has 1 heterocycles. The quantitative estimate of drug-likeness (QED) is 0.334. The molecule has 0 saturated carbocycles. The number of hydrogen-bond donors (Lipinski definition) is 0. The van der Waals surface area contributed by atoms with Crippen LogP contribution >= 0.6 is 23.4 Å². The fourth-order valence-corrected chi connectivity index (χ4v) is 4.10. The fourth-order valence-electron chi connectivity index (χ4n) is 2.99. The van der Waals surface area contributed by atoms with Crippen molar-refractivity contribution < 1.29 is 13.5 Å². The van der Waals surface area contributed by atoms with Crippen LogP contribution in [0, 0.1) is 11.6 Å². The van der Waals surface area contributed by atoms with E-state index < -0.39 is 11.6 Å². The number of halogens is 3. The van der Waals surface area contributed by atoms with Crippen LogP contribution < -0.4 is 4.74 Å². The zero-order valence-corrected chi connectivity index (χ0v) is 17.4. The molecule has 4 aromatic rings. The molecule has 0 N–H and O–H groups in total. The first-order valence-electron chi connectivity index (χ1n) is 8.99. The zero-order chi connectivity index (χ0) is 21.1. The van der Waals surface area contributed by atoms with E-state index in [2.05, 4.69) is 10.2 Å². The monoisotopic (exact) mass is 443 g/mol. The summed E-state index contributed by atoms with van der Waals surface area (Å²) in [4.78, 5) is 0. The van der Waals surface area contributed by atoms with E-state index in [-0.39, 0.29) is 0 Å². The molecule has 0 unspecified atom stereocenters. The topological polar surface area (TPSA) is 39.9 Å². The van der Waals surface area contributed by atoms with E-state index in [1.54, 1.807) is 19.2 Å². The highest BCUT2D eigenvalue weighted by Crippen LogP contribution is 2.35. The Kier molecular flexibility index (Phi) is 6.01. The predicted molar refractivity (Wildman–Crippen MR) is 114 cm³/mol. The molecule has 0 saturated heterocycles. The zero-order valence-electron chi connectivity index (χ0n) is 15.8. The van der Waals surface area contributed by atoms with Crippen LogP contribution in [0.5, 0.6) is 5.75 Å². The molecule has 3 aromatic carbocycles. The lowest BCUT2D eigenvalue weighted by molar-refractivity contribution is 0.412. The van der Waals surface area contributed by atoms with Crippen molar-refractivity contribution in [3.8, 4) is 22.8 Å². The maximum atomic E-state index is 13.6. The molecule has 0 fully saturated rings. The number of aromatic nitrogens is 3. The molecule has 0 bridgehead atoms. The van der Waals surface area contributed by atoms with Crippen LogP contribution in [0.1, 0.15) is 5.56 Å². The average molecular weight is 444 g/mol. The molecule has 0 radical (unpaired) electrons. The van der Waals surface area contributed by atoms with Gasteiger partial charge in [-0.25, -0.2) is 8.78 Å². The van der Waals surface area contributed by atoms with Gasteiger partial charge in [-0.3, -0.25) is 4.57 Å². The van der Waals surface area contributed by atoms with Gasteiger partial charge < -0.3 is 4.74 Å². The summed E-state index contributed by atoms with van der Waals surface area (Å²) in [5, 5.41) is 9.80. The summed E-state index contributed by atoms with van der Waals surface area (Å²) in [6.07, 6.45) is 0. The van der Waals surface area contributed by atoms with Crippen LogP contribution in [0.2, 0.25) is 5.02 Å². The number of para-hydroxylation sites is 2. The Morgan fingerprint density at radius 1 is 0.967 bits per heavy atom. The lowest BCUT2D eigenvalue weighted by atomic mass is 10.2. The van der Waals surface area contributed by atoms with Crippen LogP contribution in [-0.2, 0) is 5.75 Å². The summed E-state index contributed by atoms with van der Waals surface area (Å²) in [7, 11) is 1.59. The first-order chi connectivity index (χ1) is 14.6. The van der Waals surface area contributed by atoms with Gasteiger partial charge in [0.25, 0.3) is 0 Å². The average Bonchev–Trinajstić information content (AvgIpc) is 3.18. The van der Waals surface area contributed by atoms with Crippen molar-refractivity contribution in [2.24, 2.45) is 0 Å².